The molecule has 0 spiro atoms. The van der Waals surface area contributed by atoms with Crippen LogP contribution in [0.2, 0.25) is 0 Å². The molecule has 18 heavy (non-hydrogen) atoms. The van der Waals surface area contributed by atoms with Crippen LogP contribution >= 0.6 is 0 Å². The molecular formula is C14H25N3O. The van der Waals surface area contributed by atoms with Crippen molar-refractivity contribution in [2.45, 2.75) is 40.7 Å². The monoisotopic (exact) mass is 251 g/mol. The Kier molecular flexibility index (Phi) is 5.38. The molecule has 1 aromatic rings. The molecule has 1 unspecified atom stereocenters. The summed E-state index contributed by atoms with van der Waals surface area (Å²) in [5, 5.41) is 4.15. The van der Waals surface area contributed by atoms with Crippen molar-refractivity contribution in [2.75, 3.05) is 13.1 Å². The first kappa shape index (κ1) is 14.7. The van der Waals surface area contributed by atoms with Crippen molar-refractivity contribution in [3.8, 4) is 0 Å². The highest BCUT2D eigenvalue weighted by Crippen LogP contribution is 2.12. The van der Waals surface area contributed by atoms with E-state index in [1.165, 1.54) is 0 Å². The fraction of sp³-hybridized carbons (Fsp3) is 0.714. The van der Waals surface area contributed by atoms with Gasteiger partial charge in [0.2, 0.25) is 5.91 Å². The molecule has 1 heterocycles. The van der Waals surface area contributed by atoms with Gasteiger partial charge in [-0.15, -0.1) is 0 Å². The molecular weight excluding hydrogens is 226 g/mol. The lowest BCUT2D eigenvalue weighted by Crippen LogP contribution is -2.40. The Morgan fingerprint density at radius 1 is 1.17 bits per heavy atom. The molecule has 102 valence electrons. The Balaban J connectivity index is 2.74. The van der Waals surface area contributed by atoms with Crippen LogP contribution in [-0.4, -0.2) is 33.7 Å². The lowest BCUT2D eigenvalue weighted by molar-refractivity contribution is -0.135. The number of carbonyl (C=O) groups is 1. The molecule has 1 amide bonds. The minimum atomic E-state index is -0.225. The van der Waals surface area contributed by atoms with Gasteiger partial charge in [-0.05, 0) is 24.8 Å². The lowest BCUT2D eigenvalue weighted by Gasteiger charge is -2.29. The molecule has 0 aliphatic carbocycles. The number of aromatic nitrogens is 2. The zero-order chi connectivity index (χ0) is 13.7. The summed E-state index contributed by atoms with van der Waals surface area (Å²) in [6.07, 6.45) is 3.55. The maximum Gasteiger partial charge on any atom is 0.247 e. The van der Waals surface area contributed by atoms with Gasteiger partial charge in [-0.2, -0.15) is 5.10 Å². The highest BCUT2D eigenvalue weighted by Gasteiger charge is 2.23. The van der Waals surface area contributed by atoms with Gasteiger partial charge in [0.05, 0.1) is 0 Å². The summed E-state index contributed by atoms with van der Waals surface area (Å²) in [5.74, 6) is 1.12. The molecule has 0 aromatic carbocycles. The summed E-state index contributed by atoms with van der Waals surface area (Å²) in [6, 6.07) is 1.62. The highest BCUT2D eigenvalue weighted by molar-refractivity contribution is 5.80. The number of hydrogen-bond donors (Lipinski definition) is 0. The molecule has 0 N–H and O–H groups in total. The third-order valence-electron chi connectivity index (χ3n) is 2.76. The van der Waals surface area contributed by atoms with Crippen LogP contribution in [0.1, 0.15) is 40.7 Å². The van der Waals surface area contributed by atoms with E-state index in [1.54, 1.807) is 10.9 Å². The quantitative estimate of drug-likeness (QED) is 0.779. The number of hydrogen-bond acceptors (Lipinski definition) is 2. The summed E-state index contributed by atoms with van der Waals surface area (Å²) in [6.45, 7) is 12.1. The second kappa shape index (κ2) is 6.57. The minimum absolute atomic E-state index is 0.154. The summed E-state index contributed by atoms with van der Waals surface area (Å²) in [5.41, 5.74) is 0. The van der Waals surface area contributed by atoms with E-state index in [0.717, 1.165) is 13.1 Å². The Labute approximate surface area is 110 Å². The maximum absolute atomic E-state index is 12.5. The minimum Gasteiger partial charge on any atom is -0.340 e. The van der Waals surface area contributed by atoms with E-state index < -0.39 is 0 Å². The topological polar surface area (TPSA) is 38.1 Å². The predicted molar refractivity (Wildman–Crippen MR) is 73.2 cm³/mol. The Morgan fingerprint density at radius 2 is 1.72 bits per heavy atom. The van der Waals surface area contributed by atoms with Crippen LogP contribution in [0.3, 0.4) is 0 Å². The van der Waals surface area contributed by atoms with Gasteiger partial charge in [-0.1, -0.05) is 27.7 Å². The van der Waals surface area contributed by atoms with Crippen molar-refractivity contribution in [2.24, 2.45) is 11.8 Å². The van der Waals surface area contributed by atoms with Crippen LogP contribution in [0.15, 0.2) is 18.5 Å². The molecule has 0 saturated heterocycles. The van der Waals surface area contributed by atoms with Crippen LogP contribution in [0.5, 0.6) is 0 Å². The molecule has 4 heteroatoms. The van der Waals surface area contributed by atoms with E-state index in [9.17, 15) is 4.79 Å². The molecule has 0 bridgehead atoms. The fourth-order valence-electron chi connectivity index (χ4n) is 2.02. The van der Waals surface area contributed by atoms with E-state index in [2.05, 4.69) is 32.8 Å². The zero-order valence-electron chi connectivity index (χ0n) is 12.1. The van der Waals surface area contributed by atoms with Gasteiger partial charge in [0.1, 0.15) is 6.04 Å². The van der Waals surface area contributed by atoms with Gasteiger partial charge in [0.15, 0.2) is 0 Å². The third kappa shape index (κ3) is 4.17. The van der Waals surface area contributed by atoms with E-state index in [0.29, 0.717) is 11.8 Å². The highest BCUT2D eigenvalue weighted by atomic mass is 16.2. The number of nitrogens with zero attached hydrogens (tertiary/aromatic N) is 3. The normalized spacial score (nSPS) is 13.1. The van der Waals surface area contributed by atoms with E-state index >= 15 is 0 Å². The second-order valence-corrected chi connectivity index (χ2v) is 5.69. The van der Waals surface area contributed by atoms with Crippen molar-refractivity contribution < 1.29 is 4.79 Å². The Morgan fingerprint density at radius 3 is 2.11 bits per heavy atom. The van der Waals surface area contributed by atoms with E-state index in [4.69, 9.17) is 0 Å². The molecule has 4 nitrogen and oxygen atoms in total. The molecule has 1 atom stereocenters. The first-order valence-corrected chi connectivity index (χ1v) is 6.69. The van der Waals surface area contributed by atoms with Crippen LogP contribution in [0, 0.1) is 11.8 Å². The van der Waals surface area contributed by atoms with E-state index in [1.807, 2.05) is 24.1 Å². The first-order chi connectivity index (χ1) is 8.41. The van der Waals surface area contributed by atoms with Crippen molar-refractivity contribution >= 4 is 5.91 Å². The summed E-state index contributed by atoms with van der Waals surface area (Å²) >= 11 is 0. The van der Waals surface area contributed by atoms with Gasteiger partial charge in [0.25, 0.3) is 0 Å². The smallest absolute Gasteiger partial charge is 0.247 e. The van der Waals surface area contributed by atoms with Gasteiger partial charge in [-0.25, -0.2) is 0 Å². The summed E-state index contributed by atoms with van der Waals surface area (Å²) in [7, 11) is 0. The summed E-state index contributed by atoms with van der Waals surface area (Å²) in [4.78, 5) is 14.4. The van der Waals surface area contributed by atoms with Gasteiger partial charge in [-0.3, -0.25) is 9.48 Å². The van der Waals surface area contributed by atoms with Gasteiger partial charge < -0.3 is 4.90 Å². The summed E-state index contributed by atoms with van der Waals surface area (Å²) < 4.78 is 1.72. The second-order valence-electron chi connectivity index (χ2n) is 5.69. The fourth-order valence-corrected chi connectivity index (χ4v) is 2.02. The number of carbonyl (C=O) groups excluding carboxylic acids is 1. The van der Waals surface area contributed by atoms with Crippen molar-refractivity contribution in [3.63, 3.8) is 0 Å². The Bertz CT molecular complexity index is 347. The number of rotatable bonds is 6. The van der Waals surface area contributed by atoms with Crippen LogP contribution in [0.4, 0.5) is 0 Å². The maximum atomic E-state index is 12.5. The van der Waals surface area contributed by atoms with Gasteiger partial charge >= 0.3 is 0 Å². The average molecular weight is 251 g/mol. The standard InChI is InChI=1S/C14H25N3O/c1-11(2)9-16(10-12(3)4)14(18)13(5)17-8-6-7-15-17/h6-8,11-13H,9-10H2,1-5H3. The largest absolute Gasteiger partial charge is 0.340 e. The van der Waals surface area contributed by atoms with Crippen molar-refractivity contribution in [1.82, 2.24) is 14.7 Å². The van der Waals surface area contributed by atoms with Gasteiger partial charge in [0, 0.05) is 25.5 Å². The van der Waals surface area contributed by atoms with Crippen molar-refractivity contribution in [3.05, 3.63) is 18.5 Å². The molecule has 0 aliphatic heterocycles. The zero-order valence-corrected chi connectivity index (χ0v) is 12.1. The predicted octanol–water partition coefficient (Wildman–Crippen LogP) is 2.58. The molecule has 0 fully saturated rings. The van der Waals surface area contributed by atoms with Crippen LogP contribution in [0.25, 0.3) is 0 Å². The Hall–Kier alpha value is -1.32. The average Bonchev–Trinajstić information content (AvgIpc) is 2.78. The lowest BCUT2D eigenvalue weighted by atomic mass is 10.1. The molecule has 0 aliphatic rings. The van der Waals surface area contributed by atoms with Crippen molar-refractivity contribution in [1.29, 1.82) is 0 Å². The SMILES string of the molecule is CC(C)CN(CC(C)C)C(=O)C(C)n1cccn1. The van der Waals surface area contributed by atoms with Crippen LogP contribution in [-0.2, 0) is 4.79 Å². The van der Waals surface area contributed by atoms with Crippen LogP contribution < -0.4 is 0 Å². The number of amides is 1. The van der Waals surface area contributed by atoms with E-state index in [-0.39, 0.29) is 11.9 Å². The molecule has 1 rings (SSSR count). The first-order valence-electron chi connectivity index (χ1n) is 6.69. The third-order valence-corrected chi connectivity index (χ3v) is 2.76. The molecule has 0 saturated carbocycles. The molecule has 0 radical (unpaired) electrons. The molecule has 1 aromatic heterocycles.